The third-order valence-corrected chi connectivity index (χ3v) is 2.61. The molecule has 0 fully saturated rings. The quantitative estimate of drug-likeness (QED) is 0.684. The first-order chi connectivity index (χ1) is 7.52. The van der Waals surface area contributed by atoms with Crippen LogP contribution in [-0.2, 0) is 11.3 Å². The van der Waals surface area contributed by atoms with Crippen LogP contribution in [0.5, 0.6) is 0 Å². The lowest BCUT2D eigenvalue weighted by Gasteiger charge is -2.12. The normalized spacial score (nSPS) is 10.6. The molecule has 0 saturated heterocycles. The Labute approximate surface area is 98.9 Å². The van der Waals surface area contributed by atoms with Gasteiger partial charge in [-0.2, -0.15) is 0 Å². The zero-order valence-corrected chi connectivity index (χ0v) is 9.92. The van der Waals surface area contributed by atoms with Crippen LogP contribution in [0.3, 0.4) is 0 Å². The standard InChI is InChI=1S/C9H9BrF2N2O2/c1-16-9(15)5-4(2-13)3-14-7(10)6(5)8(11)12/h3,8H,2,13H2,1H3. The Kier molecular flexibility index (Phi) is 4.31. The highest BCUT2D eigenvalue weighted by atomic mass is 79.9. The van der Waals surface area contributed by atoms with E-state index in [-0.39, 0.29) is 22.3 Å². The molecular weight excluding hydrogens is 286 g/mol. The van der Waals surface area contributed by atoms with E-state index >= 15 is 0 Å². The highest BCUT2D eigenvalue weighted by Crippen LogP contribution is 2.31. The largest absolute Gasteiger partial charge is 0.465 e. The van der Waals surface area contributed by atoms with Gasteiger partial charge in [0, 0.05) is 12.7 Å². The number of aromatic nitrogens is 1. The number of nitrogens with zero attached hydrogens (tertiary/aromatic N) is 1. The third-order valence-electron chi connectivity index (χ3n) is 1.97. The van der Waals surface area contributed by atoms with Gasteiger partial charge in [0.15, 0.2) is 0 Å². The van der Waals surface area contributed by atoms with Crippen molar-refractivity contribution in [1.29, 1.82) is 0 Å². The fraction of sp³-hybridized carbons (Fsp3) is 0.333. The Hall–Kier alpha value is -1.08. The Morgan fingerprint density at radius 2 is 2.31 bits per heavy atom. The van der Waals surface area contributed by atoms with Crippen LogP contribution in [0, 0.1) is 0 Å². The topological polar surface area (TPSA) is 65.2 Å². The summed E-state index contributed by atoms with van der Waals surface area (Å²) in [6, 6.07) is 0. The predicted molar refractivity (Wildman–Crippen MR) is 56.1 cm³/mol. The molecule has 88 valence electrons. The van der Waals surface area contributed by atoms with Crippen molar-refractivity contribution in [2.24, 2.45) is 5.73 Å². The van der Waals surface area contributed by atoms with Crippen molar-refractivity contribution in [2.45, 2.75) is 13.0 Å². The van der Waals surface area contributed by atoms with Gasteiger partial charge in [0.05, 0.1) is 18.2 Å². The van der Waals surface area contributed by atoms with Crippen molar-refractivity contribution < 1.29 is 18.3 Å². The van der Waals surface area contributed by atoms with E-state index in [2.05, 4.69) is 25.7 Å². The number of pyridine rings is 1. The van der Waals surface area contributed by atoms with Gasteiger partial charge in [-0.1, -0.05) is 0 Å². The Morgan fingerprint density at radius 3 is 2.75 bits per heavy atom. The van der Waals surface area contributed by atoms with Gasteiger partial charge in [-0.3, -0.25) is 0 Å². The smallest absolute Gasteiger partial charge is 0.338 e. The second-order valence-corrected chi connectivity index (χ2v) is 3.61. The van der Waals surface area contributed by atoms with E-state index < -0.39 is 18.0 Å². The first-order valence-corrected chi connectivity index (χ1v) is 5.06. The van der Waals surface area contributed by atoms with Crippen molar-refractivity contribution in [2.75, 3.05) is 7.11 Å². The van der Waals surface area contributed by atoms with Crippen molar-refractivity contribution >= 4 is 21.9 Å². The Bertz CT molecular complexity index is 413. The minimum Gasteiger partial charge on any atom is -0.465 e. The molecule has 1 aromatic rings. The van der Waals surface area contributed by atoms with Crippen LogP contribution in [0.25, 0.3) is 0 Å². The number of carbonyl (C=O) groups excluding carboxylic acids is 1. The molecule has 0 amide bonds. The highest BCUT2D eigenvalue weighted by Gasteiger charge is 2.25. The van der Waals surface area contributed by atoms with Crippen LogP contribution in [0.2, 0.25) is 0 Å². The van der Waals surface area contributed by atoms with E-state index in [4.69, 9.17) is 5.73 Å². The summed E-state index contributed by atoms with van der Waals surface area (Å²) in [7, 11) is 1.12. The summed E-state index contributed by atoms with van der Waals surface area (Å²) in [6.07, 6.45) is -1.56. The summed E-state index contributed by atoms with van der Waals surface area (Å²) < 4.78 is 29.9. The maximum absolute atomic E-state index is 12.8. The van der Waals surface area contributed by atoms with E-state index in [0.717, 1.165) is 7.11 Å². The van der Waals surface area contributed by atoms with Crippen molar-refractivity contribution in [3.8, 4) is 0 Å². The van der Waals surface area contributed by atoms with Gasteiger partial charge < -0.3 is 10.5 Å². The minimum atomic E-state index is -2.83. The Balaban J connectivity index is 3.48. The summed E-state index contributed by atoms with van der Waals surface area (Å²) in [5.41, 5.74) is 4.87. The second-order valence-electron chi connectivity index (χ2n) is 2.86. The highest BCUT2D eigenvalue weighted by molar-refractivity contribution is 9.10. The number of ether oxygens (including phenoxy) is 1. The molecule has 2 N–H and O–H groups in total. The number of carbonyl (C=O) groups is 1. The minimum absolute atomic E-state index is 0.0650. The lowest BCUT2D eigenvalue weighted by atomic mass is 10.0. The number of hydrogen-bond donors (Lipinski definition) is 1. The molecule has 0 spiro atoms. The van der Waals surface area contributed by atoms with E-state index in [1.165, 1.54) is 6.20 Å². The molecule has 0 unspecified atom stereocenters. The lowest BCUT2D eigenvalue weighted by molar-refractivity contribution is 0.0587. The molecule has 0 atom stereocenters. The number of hydrogen-bond acceptors (Lipinski definition) is 4. The molecule has 0 aliphatic carbocycles. The zero-order valence-electron chi connectivity index (χ0n) is 8.34. The third kappa shape index (κ3) is 2.35. The number of halogens is 3. The summed E-state index contributed by atoms with van der Waals surface area (Å²) in [4.78, 5) is 15.1. The molecule has 16 heavy (non-hydrogen) atoms. The number of rotatable bonds is 3. The molecule has 0 bridgehead atoms. The van der Waals surface area contributed by atoms with Gasteiger partial charge in [0.2, 0.25) is 0 Å². The van der Waals surface area contributed by atoms with Crippen LogP contribution < -0.4 is 5.73 Å². The van der Waals surface area contributed by atoms with Crippen LogP contribution in [0.4, 0.5) is 8.78 Å². The van der Waals surface area contributed by atoms with Crippen LogP contribution in [-0.4, -0.2) is 18.1 Å². The number of nitrogens with two attached hydrogens (primary N) is 1. The van der Waals surface area contributed by atoms with Gasteiger partial charge in [-0.15, -0.1) is 0 Å². The summed E-state index contributed by atoms with van der Waals surface area (Å²) in [5, 5.41) is 0. The van der Waals surface area contributed by atoms with E-state index in [1.807, 2.05) is 0 Å². The van der Waals surface area contributed by atoms with Crippen LogP contribution >= 0.6 is 15.9 Å². The maximum Gasteiger partial charge on any atom is 0.338 e. The fourth-order valence-electron chi connectivity index (χ4n) is 1.24. The van der Waals surface area contributed by atoms with Gasteiger partial charge in [-0.05, 0) is 21.5 Å². The Morgan fingerprint density at radius 1 is 1.69 bits per heavy atom. The van der Waals surface area contributed by atoms with Crippen molar-refractivity contribution in [3.05, 3.63) is 27.5 Å². The molecule has 1 aromatic heterocycles. The molecule has 7 heteroatoms. The molecule has 1 rings (SSSR count). The first-order valence-electron chi connectivity index (χ1n) is 4.26. The molecule has 0 aromatic carbocycles. The molecule has 0 saturated carbocycles. The van der Waals surface area contributed by atoms with E-state index in [0.29, 0.717) is 0 Å². The average molecular weight is 295 g/mol. The summed E-state index contributed by atoms with van der Waals surface area (Å²) >= 11 is 2.87. The van der Waals surface area contributed by atoms with Crippen LogP contribution in [0.1, 0.15) is 27.9 Å². The second kappa shape index (κ2) is 5.31. The van der Waals surface area contributed by atoms with Gasteiger partial charge >= 0.3 is 5.97 Å². The maximum atomic E-state index is 12.8. The zero-order chi connectivity index (χ0) is 12.3. The molecule has 0 radical (unpaired) electrons. The monoisotopic (exact) mass is 294 g/mol. The molecular formula is C9H9BrF2N2O2. The lowest BCUT2D eigenvalue weighted by Crippen LogP contribution is -2.14. The molecule has 1 heterocycles. The summed E-state index contributed by atoms with van der Waals surface area (Å²) in [6.45, 7) is -0.0650. The van der Waals surface area contributed by atoms with Gasteiger partial charge in [0.25, 0.3) is 6.43 Å². The number of esters is 1. The SMILES string of the molecule is COC(=O)c1c(CN)cnc(Br)c1C(F)F. The van der Waals surface area contributed by atoms with Crippen molar-refractivity contribution in [3.63, 3.8) is 0 Å². The van der Waals surface area contributed by atoms with E-state index in [9.17, 15) is 13.6 Å². The molecule has 0 aliphatic rings. The van der Waals surface area contributed by atoms with Crippen LogP contribution in [0.15, 0.2) is 10.8 Å². The van der Waals surface area contributed by atoms with Gasteiger partial charge in [-0.25, -0.2) is 18.6 Å². The van der Waals surface area contributed by atoms with E-state index in [1.54, 1.807) is 0 Å². The average Bonchev–Trinajstić information content (AvgIpc) is 2.27. The van der Waals surface area contributed by atoms with Crippen molar-refractivity contribution in [1.82, 2.24) is 4.98 Å². The first kappa shape index (κ1) is 13.0. The fourth-order valence-corrected chi connectivity index (χ4v) is 1.72. The van der Waals surface area contributed by atoms with Gasteiger partial charge in [0.1, 0.15) is 4.60 Å². The molecule has 0 aliphatic heterocycles. The molecule has 4 nitrogen and oxygen atoms in total. The summed E-state index contributed by atoms with van der Waals surface area (Å²) in [5.74, 6) is -0.848. The number of methoxy groups -OCH3 is 1. The number of alkyl halides is 2. The predicted octanol–water partition coefficient (Wildman–Crippen LogP) is 2.03.